The molecule has 0 aliphatic heterocycles. The highest BCUT2D eigenvalue weighted by atomic mass is 32.1. The lowest BCUT2D eigenvalue weighted by atomic mass is 9.97. The summed E-state index contributed by atoms with van der Waals surface area (Å²) in [6.07, 6.45) is 9.81. The minimum Gasteiger partial charge on any atom is -0.309 e. The zero-order valence-electron chi connectivity index (χ0n) is 12.7. The Hall–Kier alpha value is -1.12. The van der Waals surface area contributed by atoms with Gasteiger partial charge in [0.1, 0.15) is 0 Å². The third-order valence-corrected chi connectivity index (χ3v) is 5.52. The average molecular weight is 299 g/mol. The van der Waals surface area contributed by atoms with E-state index < -0.39 is 0 Å². The molecule has 2 aromatic rings. The first-order valence-electron chi connectivity index (χ1n) is 8.29. The molecule has 3 rings (SSSR count). The SMILES string of the molecule is c1ccc(-c2ccc(CNC3CCCCCCC3)s2)cc1. The first-order chi connectivity index (χ1) is 10.4. The smallest absolute Gasteiger partial charge is 0.0346 e. The van der Waals surface area contributed by atoms with Crippen molar-refractivity contribution in [2.75, 3.05) is 0 Å². The molecule has 1 aromatic carbocycles. The fourth-order valence-corrected chi connectivity index (χ4v) is 4.10. The van der Waals surface area contributed by atoms with Gasteiger partial charge in [-0.3, -0.25) is 0 Å². The van der Waals surface area contributed by atoms with Gasteiger partial charge in [0, 0.05) is 22.3 Å². The summed E-state index contributed by atoms with van der Waals surface area (Å²) < 4.78 is 0. The van der Waals surface area contributed by atoms with Gasteiger partial charge in [-0.1, -0.05) is 62.4 Å². The van der Waals surface area contributed by atoms with E-state index in [1.807, 2.05) is 11.3 Å². The van der Waals surface area contributed by atoms with Crippen LogP contribution in [0.5, 0.6) is 0 Å². The van der Waals surface area contributed by atoms with Crippen molar-refractivity contribution in [2.45, 2.75) is 57.5 Å². The van der Waals surface area contributed by atoms with E-state index in [0.717, 1.165) is 12.6 Å². The van der Waals surface area contributed by atoms with E-state index in [1.54, 1.807) is 0 Å². The molecule has 0 bridgehead atoms. The second-order valence-electron chi connectivity index (χ2n) is 6.05. The van der Waals surface area contributed by atoms with Crippen molar-refractivity contribution < 1.29 is 0 Å². The molecule has 0 radical (unpaired) electrons. The van der Waals surface area contributed by atoms with Gasteiger partial charge in [-0.25, -0.2) is 0 Å². The van der Waals surface area contributed by atoms with Crippen LogP contribution in [0, 0.1) is 0 Å². The van der Waals surface area contributed by atoms with Crippen molar-refractivity contribution in [3.05, 3.63) is 47.3 Å². The summed E-state index contributed by atoms with van der Waals surface area (Å²) in [6.45, 7) is 1.03. The summed E-state index contributed by atoms with van der Waals surface area (Å²) in [4.78, 5) is 2.83. The number of thiophene rings is 1. The Morgan fingerprint density at radius 1 is 0.857 bits per heavy atom. The minimum atomic E-state index is 0.729. The lowest BCUT2D eigenvalue weighted by Gasteiger charge is -2.20. The second kappa shape index (κ2) is 7.77. The van der Waals surface area contributed by atoms with E-state index in [-0.39, 0.29) is 0 Å². The Kier molecular flexibility index (Phi) is 5.47. The monoisotopic (exact) mass is 299 g/mol. The van der Waals surface area contributed by atoms with Gasteiger partial charge in [0.15, 0.2) is 0 Å². The van der Waals surface area contributed by atoms with Gasteiger partial charge in [-0.05, 0) is 30.5 Å². The standard InChI is InChI=1S/C19H25NS/c1-2-7-11-17(12-8-3-1)20-15-18-13-14-19(21-18)16-9-5-4-6-10-16/h4-6,9-10,13-14,17,20H,1-3,7-8,11-12,15H2. The van der Waals surface area contributed by atoms with Crippen molar-refractivity contribution >= 4 is 11.3 Å². The number of benzene rings is 1. The highest BCUT2D eigenvalue weighted by Crippen LogP contribution is 2.28. The minimum absolute atomic E-state index is 0.729. The van der Waals surface area contributed by atoms with Crippen LogP contribution in [0.3, 0.4) is 0 Å². The van der Waals surface area contributed by atoms with E-state index >= 15 is 0 Å². The predicted octanol–water partition coefficient (Wildman–Crippen LogP) is 5.62. The summed E-state index contributed by atoms with van der Waals surface area (Å²) in [5.74, 6) is 0. The Balaban J connectivity index is 1.54. The van der Waals surface area contributed by atoms with Gasteiger partial charge in [-0.2, -0.15) is 0 Å². The molecule has 1 fully saturated rings. The third kappa shape index (κ3) is 4.42. The number of hydrogen-bond donors (Lipinski definition) is 1. The number of hydrogen-bond acceptors (Lipinski definition) is 2. The summed E-state index contributed by atoms with van der Waals surface area (Å²) in [5.41, 5.74) is 1.33. The molecule has 0 spiro atoms. The molecule has 1 aliphatic rings. The van der Waals surface area contributed by atoms with Gasteiger partial charge >= 0.3 is 0 Å². The van der Waals surface area contributed by atoms with Crippen LogP contribution in [0.4, 0.5) is 0 Å². The van der Waals surface area contributed by atoms with Gasteiger partial charge in [0.25, 0.3) is 0 Å². The molecule has 1 aromatic heterocycles. The molecule has 0 atom stereocenters. The van der Waals surface area contributed by atoms with Crippen molar-refractivity contribution in [2.24, 2.45) is 0 Å². The highest BCUT2D eigenvalue weighted by molar-refractivity contribution is 7.15. The maximum absolute atomic E-state index is 3.78. The van der Waals surface area contributed by atoms with Crippen LogP contribution in [0.25, 0.3) is 10.4 Å². The molecule has 0 unspecified atom stereocenters. The zero-order chi connectivity index (χ0) is 14.3. The summed E-state index contributed by atoms with van der Waals surface area (Å²) in [5, 5.41) is 3.78. The lowest BCUT2D eigenvalue weighted by molar-refractivity contribution is 0.390. The molecular formula is C19H25NS. The first-order valence-corrected chi connectivity index (χ1v) is 9.11. The van der Waals surface area contributed by atoms with Gasteiger partial charge < -0.3 is 5.32 Å². The van der Waals surface area contributed by atoms with Crippen LogP contribution in [-0.4, -0.2) is 6.04 Å². The van der Waals surface area contributed by atoms with Crippen LogP contribution >= 0.6 is 11.3 Å². The number of nitrogens with one attached hydrogen (secondary N) is 1. The van der Waals surface area contributed by atoms with Crippen LogP contribution in [0.15, 0.2) is 42.5 Å². The molecule has 1 saturated carbocycles. The molecule has 1 aliphatic carbocycles. The molecule has 21 heavy (non-hydrogen) atoms. The molecule has 112 valence electrons. The fourth-order valence-electron chi connectivity index (χ4n) is 3.14. The van der Waals surface area contributed by atoms with E-state index in [2.05, 4.69) is 47.8 Å². The van der Waals surface area contributed by atoms with Crippen LogP contribution < -0.4 is 5.32 Å². The molecular weight excluding hydrogens is 274 g/mol. The molecule has 0 amide bonds. The molecule has 1 N–H and O–H groups in total. The van der Waals surface area contributed by atoms with Crippen LogP contribution in [-0.2, 0) is 6.54 Å². The normalized spacial score (nSPS) is 17.3. The Bertz CT molecular complexity index is 524. The van der Waals surface area contributed by atoms with Crippen molar-refractivity contribution in [3.8, 4) is 10.4 Å². The van der Waals surface area contributed by atoms with Gasteiger partial charge in [-0.15, -0.1) is 11.3 Å². The van der Waals surface area contributed by atoms with E-state index in [4.69, 9.17) is 0 Å². The third-order valence-electron chi connectivity index (χ3n) is 4.39. The van der Waals surface area contributed by atoms with E-state index in [1.165, 1.54) is 60.3 Å². The molecule has 0 saturated heterocycles. The molecule has 1 nitrogen and oxygen atoms in total. The average Bonchev–Trinajstić information content (AvgIpc) is 2.96. The van der Waals surface area contributed by atoms with Crippen molar-refractivity contribution in [1.29, 1.82) is 0 Å². The summed E-state index contributed by atoms with van der Waals surface area (Å²) in [7, 11) is 0. The topological polar surface area (TPSA) is 12.0 Å². The summed E-state index contributed by atoms with van der Waals surface area (Å²) >= 11 is 1.92. The van der Waals surface area contributed by atoms with E-state index in [0.29, 0.717) is 0 Å². The van der Waals surface area contributed by atoms with Gasteiger partial charge in [0.05, 0.1) is 0 Å². The van der Waals surface area contributed by atoms with Crippen molar-refractivity contribution in [1.82, 2.24) is 5.32 Å². The van der Waals surface area contributed by atoms with Gasteiger partial charge in [0.2, 0.25) is 0 Å². The Morgan fingerprint density at radius 2 is 1.57 bits per heavy atom. The summed E-state index contributed by atoms with van der Waals surface area (Å²) in [6, 6.07) is 16.0. The molecule has 1 heterocycles. The van der Waals surface area contributed by atoms with Crippen LogP contribution in [0.1, 0.15) is 49.8 Å². The maximum atomic E-state index is 3.78. The molecule has 2 heteroatoms. The quantitative estimate of drug-likeness (QED) is 0.773. The Morgan fingerprint density at radius 3 is 2.33 bits per heavy atom. The fraction of sp³-hybridized carbons (Fsp3) is 0.474. The predicted molar refractivity (Wildman–Crippen MR) is 92.7 cm³/mol. The van der Waals surface area contributed by atoms with E-state index in [9.17, 15) is 0 Å². The number of rotatable bonds is 4. The second-order valence-corrected chi connectivity index (χ2v) is 7.22. The Labute approximate surface area is 132 Å². The largest absolute Gasteiger partial charge is 0.309 e. The highest BCUT2D eigenvalue weighted by Gasteiger charge is 2.11. The van der Waals surface area contributed by atoms with Crippen molar-refractivity contribution in [3.63, 3.8) is 0 Å². The lowest BCUT2D eigenvalue weighted by Crippen LogP contribution is -2.28. The van der Waals surface area contributed by atoms with Crippen LogP contribution in [0.2, 0.25) is 0 Å². The zero-order valence-corrected chi connectivity index (χ0v) is 13.5. The first kappa shape index (κ1) is 14.8. The maximum Gasteiger partial charge on any atom is 0.0346 e.